The zero-order valence-corrected chi connectivity index (χ0v) is 20.1. The van der Waals surface area contributed by atoms with Crippen molar-refractivity contribution in [3.8, 4) is 11.8 Å². The maximum atomic E-state index is 12.5. The van der Waals surface area contributed by atoms with Gasteiger partial charge in [0.15, 0.2) is 0 Å². The summed E-state index contributed by atoms with van der Waals surface area (Å²) in [6, 6.07) is 12.1. The Kier molecular flexibility index (Phi) is 9.09. The van der Waals surface area contributed by atoms with Crippen molar-refractivity contribution in [3.63, 3.8) is 0 Å². The summed E-state index contributed by atoms with van der Waals surface area (Å²) < 4.78 is 7.25. The molecule has 0 unspecified atom stereocenters. The summed E-state index contributed by atoms with van der Waals surface area (Å²) in [6.07, 6.45) is 7.12. The summed E-state index contributed by atoms with van der Waals surface area (Å²) in [5, 5.41) is 12.2. The SMILES string of the molecule is C=C(/C=C(N)\C(C#N)=C(/N)OCC)C(=O)NCC1CCN(Cc2nccn2-c2ccccc2)CC1. The lowest BCUT2D eigenvalue weighted by atomic mass is 9.96. The molecule has 1 aromatic carbocycles. The number of nitrogens with two attached hydrogens (primary N) is 2. The van der Waals surface area contributed by atoms with E-state index in [0.717, 1.165) is 44.0 Å². The van der Waals surface area contributed by atoms with E-state index in [1.165, 1.54) is 6.08 Å². The van der Waals surface area contributed by atoms with Crippen LogP contribution in [0.5, 0.6) is 0 Å². The Morgan fingerprint density at radius 3 is 2.69 bits per heavy atom. The smallest absolute Gasteiger partial charge is 0.250 e. The predicted octanol–water partition coefficient (Wildman–Crippen LogP) is 2.33. The second-order valence-corrected chi connectivity index (χ2v) is 8.39. The molecule has 5 N–H and O–H groups in total. The van der Waals surface area contributed by atoms with Crippen LogP contribution in [-0.4, -0.2) is 46.6 Å². The lowest BCUT2D eigenvalue weighted by Crippen LogP contribution is -2.38. The van der Waals surface area contributed by atoms with Crippen LogP contribution in [-0.2, 0) is 16.1 Å². The van der Waals surface area contributed by atoms with Crippen molar-refractivity contribution in [3.05, 3.63) is 83.9 Å². The van der Waals surface area contributed by atoms with Crippen LogP contribution in [0.1, 0.15) is 25.6 Å². The van der Waals surface area contributed by atoms with Gasteiger partial charge in [0.1, 0.15) is 17.5 Å². The minimum Gasteiger partial charge on any atom is -0.479 e. The van der Waals surface area contributed by atoms with E-state index in [9.17, 15) is 10.1 Å². The van der Waals surface area contributed by atoms with Crippen LogP contribution in [0.25, 0.3) is 5.69 Å². The van der Waals surface area contributed by atoms with E-state index in [1.54, 1.807) is 6.92 Å². The Hall–Kier alpha value is -4.03. The standard InChI is InChI=1S/C26H33N7O2/c1-3-35-25(29)22(16-27)23(28)15-19(2)26(34)31-17-20-9-12-32(13-10-20)18-24-30-11-14-33(24)21-7-5-4-6-8-21/h4-8,11,14-15,20H,2-3,9-10,12-13,17-18,28-29H2,1H3,(H,31,34)/b23-15+,25-22+. The molecule has 2 aromatic rings. The van der Waals surface area contributed by atoms with Gasteiger partial charge in [-0.3, -0.25) is 9.69 Å². The largest absolute Gasteiger partial charge is 0.479 e. The molecule has 0 aliphatic carbocycles. The summed E-state index contributed by atoms with van der Waals surface area (Å²) in [6.45, 7) is 9.02. The van der Waals surface area contributed by atoms with E-state index in [-0.39, 0.29) is 28.6 Å². The van der Waals surface area contributed by atoms with E-state index in [4.69, 9.17) is 16.2 Å². The fraction of sp³-hybridized carbons (Fsp3) is 0.346. The number of imidazole rings is 1. The Morgan fingerprint density at radius 2 is 2.03 bits per heavy atom. The number of likely N-dealkylation sites (tertiary alicyclic amines) is 1. The normalized spacial score (nSPS) is 15.7. The Balaban J connectivity index is 1.47. The third-order valence-electron chi connectivity index (χ3n) is 5.94. The number of hydrogen-bond acceptors (Lipinski definition) is 7. The van der Waals surface area contributed by atoms with E-state index in [0.29, 0.717) is 19.1 Å². The van der Waals surface area contributed by atoms with Gasteiger partial charge in [0.05, 0.1) is 18.8 Å². The first-order chi connectivity index (χ1) is 16.9. The van der Waals surface area contributed by atoms with E-state index in [2.05, 4.69) is 38.5 Å². The molecule has 1 fully saturated rings. The summed E-state index contributed by atoms with van der Waals surface area (Å²) in [5.74, 6) is 0.989. The molecule has 1 aliphatic rings. The van der Waals surface area contributed by atoms with Crippen LogP contribution in [0.2, 0.25) is 0 Å². The van der Waals surface area contributed by atoms with Crippen molar-refractivity contribution >= 4 is 5.91 Å². The van der Waals surface area contributed by atoms with Crippen LogP contribution < -0.4 is 16.8 Å². The summed E-state index contributed by atoms with van der Waals surface area (Å²) in [4.78, 5) is 19.4. The molecule has 2 heterocycles. The minimum absolute atomic E-state index is 0.0129. The van der Waals surface area contributed by atoms with Crippen molar-refractivity contribution in [2.75, 3.05) is 26.2 Å². The molecule has 35 heavy (non-hydrogen) atoms. The highest BCUT2D eigenvalue weighted by Crippen LogP contribution is 2.20. The van der Waals surface area contributed by atoms with E-state index < -0.39 is 0 Å². The Bertz CT molecular complexity index is 1120. The van der Waals surface area contributed by atoms with Gasteiger partial charge in [-0.1, -0.05) is 24.8 Å². The molecule has 1 aromatic heterocycles. The van der Waals surface area contributed by atoms with Crippen LogP contribution in [0.4, 0.5) is 0 Å². The van der Waals surface area contributed by atoms with Crippen molar-refractivity contribution in [2.45, 2.75) is 26.3 Å². The van der Waals surface area contributed by atoms with Gasteiger partial charge in [-0.2, -0.15) is 5.26 Å². The van der Waals surface area contributed by atoms with Gasteiger partial charge in [-0.05, 0) is 57.0 Å². The first kappa shape index (κ1) is 25.6. The van der Waals surface area contributed by atoms with Gasteiger partial charge in [-0.25, -0.2) is 4.98 Å². The number of benzene rings is 1. The van der Waals surface area contributed by atoms with Crippen molar-refractivity contribution in [2.24, 2.45) is 17.4 Å². The van der Waals surface area contributed by atoms with Crippen LogP contribution in [0, 0.1) is 17.2 Å². The fourth-order valence-corrected chi connectivity index (χ4v) is 3.99. The molecular formula is C26H33N7O2. The highest BCUT2D eigenvalue weighted by molar-refractivity contribution is 5.95. The summed E-state index contributed by atoms with van der Waals surface area (Å²) >= 11 is 0. The number of hydrogen-bond donors (Lipinski definition) is 3. The average Bonchev–Trinajstić information content (AvgIpc) is 3.32. The lowest BCUT2D eigenvalue weighted by molar-refractivity contribution is -0.117. The lowest BCUT2D eigenvalue weighted by Gasteiger charge is -2.31. The number of nitriles is 1. The molecule has 0 saturated carbocycles. The summed E-state index contributed by atoms with van der Waals surface area (Å²) in [5.41, 5.74) is 12.9. The van der Waals surface area contributed by atoms with Crippen LogP contribution >= 0.6 is 0 Å². The number of amides is 1. The van der Waals surface area contributed by atoms with E-state index >= 15 is 0 Å². The van der Waals surface area contributed by atoms with Crippen LogP contribution in [0.15, 0.2) is 78.1 Å². The number of aromatic nitrogens is 2. The molecule has 184 valence electrons. The average molecular weight is 476 g/mol. The Labute approximate surface area is 206 Å². The maximum absolute atomic E-state index is 12.5. The molecule has 9 heteroatoms. The first-order valence-corrected chi connectivity index (χ1v) is 11.7. The van der Waals surface area contributed by atoms with Gasteiger partial charge in [0.2, 0.25) is 5.88 Å². The molecule has 0 atom stereocenters. The van der Waals surface area contributed by atoms with Gasteiger partial charge in [0, 0.05) is 30.2 Å². The molecule has 0 radical (unpaired) electrons. The monoisotopic (exact) mass is 475 g/mol. The number of para-hydroxylation sites is 1. The zero-order valence-electron chi connectivity index (χ0n) is 20.1. The van der Waals surface area contributed by atoms with Crippen LogP contribution in [0.3, 0.4) is 0 Å². The summed E-state index contributed by atoms with van der Waals surface area (Å²) in [7, 11) is 0. The second-order valence-electron chi connectivity index (χ2n) is 8.39. The second kappa shape index (κ2) is 12.4. The number of ether oxygens (including phenoxy) is 1. The van der Waals surface area contributed by atoms with Crippen molar-refractivity contribution in [1.82, 2.24) is 19.8 Å². The first-order valence-electron chi connectivity index (χ1n) is 11.7. The molecule has 1 amide bonds. The molecule has 0 spiro atoms. The highest BCUT2D eigenvalue weighted by atomic mass is 16.5. The molecule has 0 bridgehead atoms. The molecule has 3 rings (SSSR count). The number of rotatable bonds is 10. The molecular weight excluding hydrogens is 442 g/mol. The topological polar surface area (TPSA) is 135 Å². The number of nitrogens with one attached hydrogen (secondary N) is 1. The third-order valence-corrected chi connectivity index (χ3v) is 5.94. The van der Waals surface area contributed by atoms with Gasteiger partial charge >= 0.3 is 0 Å². The highest BCUT2D eigenvalue weighted by Gasteiger charge is 2.21. The molecule has 9 nitrogen and oxygen atoms in total. The fourth-order valence-electron chi connectivity index (χ4n) is 3.99. The third kappa shape index (κ3) is 6.98. The van der Waals surface area contributed by atoms with Gasteiger partial charge in [0.25, 0.3) is 5.91 Å². The number of allylic oxidation sites excluding steroid dienone is 1. The van der Waals surface area contributed by atoms with Crippen molar-refractivity contribution in [1.29, 1.82) is 5.26 Å². The number of piperidine rings is 1. The number of nitrogens with zero attached hydrogens (tertiary/aromatic N) is 4. The maximum Gasteiger partial charge on any atom is 0.250 e. The Morgan fingerprint density at radius 1 is 1.31 bits per heavy atom. The van der Waals surface area contributed by atoms with E-state index in [1.807, 2.05) is 36.7 Å². The molecule has 1 saturated heterocycles. The van der Waals surface area contributed by atoms with Crippen molar-refractivity contribution < 1.29 is 9.53 Å². The minimum atomic E-state index is -0.326. The zero-order chi connectivity index (χ0) is 25.2. The quantitative estimate of drug-likeness (QED) is 0.208. The predicted molar refractivity (Wildman–Crippen MR) is 134 cm³/mol. The molecule has 1 aliphatic heterocycles. The number of carbonyl (C=O) groups excluding carboxylic acids is 1. The van der Waals surface area contributed by atoms with Gasteiger partial charge < -0.3 is 26.1 Å². The number of carbonyl (C=O) groups is 1. The van der Waals surface area contributed by atoms with Gasteiger partial charge in [-0.15, -0.1) is 0 Å².